The number of carbonyl (C=O) groups is 3. The van der Waals surface area contributed by atoms with E-state index in [1.165, 1.54) is 6.42 Å². The third-order valence-electron chi connectivity index (χ3n) is 5.27. The molecular formula is C22H39NO4. The average molecular weight is 382 g/mol. The summed E-state index contributed by atoms with van der Waals surface area (Å²) in [5.74, 6) is -0.847. The van der Waals surface area contributed by atoms with Gasteiger partial charge in [-0.25, -0.2) is 0 Å². The Balaban J connectivity index is 2.92. The van der Waals surface area contributed by atoms with Crippen LogP contribution in [-0.4, -0.2) is 29.3 Å². The van der Waals surface area contributed by atoms with E-state index < -0.39 is 23.0 Å². The summed E-state index contributed by atoms with van der Waals surface area (Å²) in [6.45, 7) is 13.1. The number of carbonyl (C=O) groups excluding carboxylic acids is 3. The van der Waals surface area contributed by atoms with Gasteiger partial charge < -0.3 is 10.1 Å². The number of hydrogen-bond acceptors (Lipinski definition) is 4. The predicted octanol–water partition coefficient (Wildman–Crippen LogP) is 4.42. The zero-order valence-electron chi connectivity index (χ0n) is 18.3. The van der Waals surface area contributed by atoms with E-state index in [2.05, 4.69) is 5.32 Å². The van der Waals surface area contributed by atoms with Crippen LogP contribution in [0.2, 0.25) is 0 Å². The minimum absolute atomic E-state index is 0.0182. The number of Topliss-reactive ketones (excluding diaryl/α,β-unsaturated/α-hetero) is 1. The maximum Gasteiger partial charge on any atom is 0.307 e. The zero-order chi connectivity index (χ0) is 20.8. The molecule has 0 bridgehead atoms. The van der Waals surface area contributed by atoms with Gasteiger partial charge in [-0.15, -0.1) is 0 Å². The van der Waals surface area contributed by atoms with Crippen molar-refractivity contribution in [1.82, 2.24) is 5.32 Å². The summed E-state index contributed by atoms with van der Waals surface area (Å²) in [6.07, 6.45) is 5.79. The topological polar surface area (TPSA) is 72.5 Å². The van der Waals surface area contributed by atoms with Crippen LogP contribution in [0.25, 0.3) is 0 Å². The fourth-order valence-electron chi connectivity index (χ4n) is 3.74. The van der Waals surface area contributed by atoms with E-state index >= 15 is 0 Å². The van der Waals surface area contributed by atoms with Crippen LogP contribution in [0.5, 0.6) is 0 Å². The van der Waals surface area contributed by atoms with Crippen LogP contribution in [0.1, 0.15) is 93.4 Å². The van der Waals surface area contributed by atoms with Crippen LogP contribution >= 0.6 is 0 Å². The molecule has 5 nitrogen and oxygen atoms in total. The van der Waals surface area contributed by atoms with Crippen LogP contribution in [-0.2, 0) is 19.1 Å². The number of ether oxygens (including phenoxy) is 1. The van der Waals surface area contributed by atoms with Gasteiger partial charge in [0.25, 0.3) is 0 Å². The van der Waals surface area contributed by atoms with Crippen LogP contribution in [0.15, 0.2) is 0 Å². The molecule has 1 amide bonds. The summed E-state index contributed by atoms with van der Waals surface area (Å²) in [5.41, 5.74) is -0.994. The fourth-order valence-corrected chi connectivity index (χ4v) is 3.74. The normalized spacial score (nSPS) is 18.5. The third kappa shape index (κ3) is 8.02. The van der Waals surface area contributed by atoms with Crippen molar-refractivity contribution >= 4 is 17.7 Å². The van der Waals surface area contributed by atoms with E-state index in [4.69, 9.17) is 4.74 Å². The van der Waals surface area contributed by atoms with Gasteiger partial charge in [0.1, 0.15) is 5.60 Å². The minimum Gasteiger partial charge on any atom is -0.460 e. The van der Waals surface area contributed by atoms with Crippen molar-refractivity contribution in [3.05, 3.63) is 0 Å². The molecule has 0 aromatic carbocycles. The summed E-state index contributed by atoms with van der Waals surface area (Å²) in [5, 5.41) is 3.02. The van der Waals surface area contributed by atoms with Gasteiger partial charge in [-0.1, -0.05) is 47.0 Å². The Bertz CT molecular complexity index is 521. The molecule has 1 saturated carbocycles. The predicted molar refractivity (Wildman–Crippen MR) is 107 cm³/mol. The molecule has 27 heavy (non-hydrogen) atoms. The van der Waals surface area contributed by atoms with E-state index in [1.54, 1.807) is 0 Å². The molecule has 0 heterocycles. The lowest BCUT2D eigenvalue weighted by Gasteiger charge is -2.34. The molecule has 1 N–H and O–H groups in total. The molecule has 2 atom stereocenters. The lowest BCUT2D eigenvalue weighted by Crippen LogP contribution is -2.50. The maximum absolute atomic E-state index is 13.1. The smallest absolute Gasteiger partial charge is 0.307 e. The first-order valence-electron chi connectivity index (χ1n) is 10.4. The number of ketones is 1. The Hall–Kier alpha value is -1.39. The first-order chi connectivity index (χ1) is 12.3. The Labute approximate surface area is 165 Å². The van der Waals surface area contributed by atoms with Crippen molar-refractivity contribution in [3.63, 3.8) is 0 Å². The SMILES string of the molecule is CCC(=O)[C@@H](NC(=O)[C@@H](CC(=O)OC(C)(C)C)C(C)(C)C)C1CCCCC1. The Morgan fingerprint density at radius 3 is 2.00 bits per heavy atom. The lowest BCUT2D eigenvalue weighted by molar-refractivity contribution is -0.159. The van der Waals surface area contributed by atoms with E-state index in [0.29, 0.717) is 6.42 Å². The van der Waals surface area contributed by atoms with Crippen LogP contribution in [0.4, 0.5) is 0 Å². The van der Waals surface area contributed by atoms with E-state index in [0.717, 1.165) is 25.7 Å². The summed E-state index contributed by atoms with van der Waals surface area (Å²) in [4.78, 5) is 37.9. The van der Waals surface area contributed by atoms with Gasteiger partial charge >= 0.3 is 5.97 Å². The number of rotatable bonds is 7. The van der Waals surface area contributed by atoms with Gasteiger partial charge in [-0.05, 0) is 44.9 Å². The monoisotopic (exact) mass is 381 g/mol. The number of nitrogens with one attached hydrogen (secondary N) is 1. The second-order valence-electron chi connectivity index (χ2n) is 9.91. The highest BCUT2D eigenvalue weighted by Crippen LogP contribution is 2.32. The molecular weight excluding hydrogens is 342 g/mol. The highest BCUT2D eigenvalue weighted by molar-refractivity contribution is 5.91. The molecule has 0 spiro atoms. The van der Waals surface area contributed by atoms with E-state index in [9.17, 15) is 14.4 Å². The minimum atomic E-state index is -0.585. The van der Waals surface area contributed by atoms with Gasteiger partial charge in [0, 0.05) is 6.42 Å². The van der Waals surface area contributed by atoms with Crippen molar-refractivity contribution in [2.45, 2.75) is 105 Å². The van der Waals surface area contributed by atoms with Crippen molar-refractivity contribution in [3.8, 4) is 0 Å². The number of esters is 1. The quantitative estimate of drug-likeness (QED) is 0.662. The second-order valence-corrected chi connectivity index (χ2v) is 9.91. The van der Waals surface area contributed by atoms with Crippen molar-refractivity contribution in [1.29, 1.82) is 0 Å². The highest BCUT2D eigenvalue weighted by Gasteiger charge is 2.38. The number of hydrogen-bond donors (Lipinski definition) is 1. The van der Waals surface area contributed by atoms with Gasteiger partial charge in [0.05, 0.1) is 18.4 Å². The summed E-state index contributed by atoms with van der Waals surface area (Å²) < 4.78 is 5.42. The first-order valence-corrected chi connectivity index (χ1v) is 10.4. The van der Waals surface area contributed by atoms with E-state index in [-0.39, 0.29) is 30.0 Å². The molecule has 1 rings (SSSR count). The van der Waals surface area contributed by atoms with Crippen molar-refractivity contribution < 1.29 is 19.1 Å². The molecule has 0 unspecified atom stereocenters. The fraction of sp³-hybridized carbons (Fsp3) is 0.864. The molecule has 156 valence electrons. The standard InChI is InChI=1S/C22H39NO4/c1-8-17(24)19(15-12-10-9-11-13-15)23-20(26)16(21(2,3)4)14-18(25)27-22(5,6)7/h15-16,19H,8-14H2,1-7H3,(H,23,26)/t16-,19+/m1/s1. The van der Waals surface area contributed by atoms with Gasteiger partial charge in [0.2, 0.25) is 5.91 Å². The average Bonchev–Trinajstić information content (AvgIpc) is 2.55. The Morgan fingerprint density at radius 2 is 1.56 bits per heavy atom. The van der Waals surface area contributed by atoms with Gasteiger partial charge in [-0.3, -0.25) is 14.4 Å². The highest BCUT2D eigenvalue weighted by atomic mass is 16.6. The summed E-state index contributed by atoms with van der Waals surface area (Å²) in [6, 6.07) is -0.439. The van der Waals surface area contributed by atoms with Gasteiger partial charge in [-0.2, -0.15) is 0 Å². The second kappa shape index (κ2) is 9.70. The Kier molecular flexibility index (Phi) is 8.49. The van der Waals surface area contributed by atoms with Gasteiger partial charge in [0.15, 0.2) is 5.78 Å². The summed E-state index contributed by atoms with van der Waals surface area (Å²) in [7, 11) is 0. The molecule has 0 saturated heterocycles. The Morgan fingerprint density at radius 1 is 1.00 bits per heavy atom. The largest absolute Gasteiger partial charge is 0.460 e. The summed E-state index contributed by atoms with van der Waals surface area (Å²) >= 11 is 0. The lowest BCUT2D eigenvalue weighted by atomic mass is 9.77. The van der Waals surface area contributed by atoms with Crippen molar-refractivity contribution in [2.24, 2.45) is 17.3 Å². The molecule has 1 fully saturated rings. The maximum atomic E-state index is 13.1. The van der Waals surface area contributed by atoms with Crippen LogP contribution in [0, 0.1) is 17.3 Å². The van der Waals surface area contributed by atoms with Crippen LogP contribution in [0.3, 0.4) is 0 Å². The molecule has 0 aromatic heterocycles. The number of amides is 1. The molecule has 0 radical (unpaired) electrons. The molecule has 0 aromatic rings. The first kappa shape index (κ1) is 23.6. The van der Waals surface area contributed by atoms with Crippen LogP contribution < -0.4 is 5.32 Å². The third-order valence-corrected chi connectivity index (χ3v) is 5.27. The molecule has 0 aliphatic heterocycles. The molecule has 5 heteroatoms. The van der Waals surface area contributed by atoms with E-state index in [1.807, 2.05) is 48.5 Å². The molecule has 1 aliphatic rings. The van der Waals surface area contributed by atoms with Crippen molar-refractivity contribution in [2.75, 3.05) is 0 Å². The molecule has 1 aliphatic carbocycles. The zero-order valence-corrected chi connectivity index (χ0v) is 18.3.